The Kier molecular flexibility index (Phi) is 5.48. The molecule has 2 N–H and O–H groups in total. The fourth-order valence-corrected chi connectivity index (χ4v) is 3.96. The molecule has 0 spiro atoms. The van der Waals surface area contributed by atoms with Crippen molar-refractivity contribution >= 4 is 34.4 Å². The summed E-state index contributed by atoms with van der Waals surface area (Å²) in [7, 11) is 1.76. The molecule has 5 rings (SSSR count). The van der Waals surface area contributed by atoms with Crippen LogP contribution in [0.15, 0.2) is 66.9 Å². The summed E-state index contributed by atoms with van der Waals surface area (Å²) in [5.41, 5.74) is 3.97. The normalized spacial score (nSPS) is 13.0. The zero-order valence-corrected chi connectivity index (χ0v) is 18.3. The average Bonchev–Trinajstić information content (AvgIpc) is 3.27. The molecule has 1 aliphatic heterocycles. The third kappa shape index (κ3) is 4.27. The highest BCUT2D eigenvalue weighted by Gasteiger charge is 2.26. The lowest BCUT2D eigenvalue weighted by Gasteiger charge is -2.30. The van der Waals surface area contributed by atoms with Gasteiger partial charge in [0.25, 0.3) is 5.91 Å². The Balaban J connectivity index is 1.32. The Labute approximate surface area is 191 Å². The number of carbonyl (C=O) groups is 2. The molecule has 8 heteroatoms. The fourth-order valence-electron chi connectivity index (χ4n) is 3.96. The molecule has 0 saturated carbocycles. The molecule has 8 nitrogen and oxygen atoms in total. The van der Waals surface area contributed by atoms with Gasteiger partial charge in [-0.15, -0.1) is 0 Å². The van der Waals surface area contributed by atoms with Crippen LogP contribution in [0, 0.1) is 0 Å². The van der Waals surface area contributed by atoms with E-state index in [1.165, 1.54) is 0 Å². The number of carbonyl (C=O) groups excluding carboxylic acids is 2. The van der Waals surface area contributed by atoms with E-state index >= 15 is 0 Å². The number of fused-ring (bicyclic) bond motifs is 2. The van der Waals surface area contributed by atoms with E-state index in [-0.39, 0.29) is 18.4 Å². The van der Waals surface area contributed by atoms with Gasteiger partial charge in [0.2, 0.25) is 5.91 Å². The molecule has 4 aromatic rings. The van der Waals surface area contributed by atoms with E-state index in [1.54, 1.807) is 29.1 Å². The molecule has 0 saturated heterocycles. The van der Waals surface area contributed by atoms with Gasteiger partial charge >= 0.3 is 0 Å². The molecular formula is C25H24N6O2. The Morgan fingerprint density at radius 2 is 1.91 bits per heavy atom. The summed E-state index contributed by atoms with van der Waals surface area (Å²) in [5, 5.41) is 3.04. The summed E-state index contributed by atoms with van der Waals surface area (Å²) < 4.78 is 0. The van der Waals surface area contributed by atoms with Crippen LogP contribution in [0.3, 0.4) is 0 Å². The number of aromatic amines is 1. The standard InChI is InChI=1S/C25H24N6O2/c1-30(12-11-22-28-19-9-5-6-10-20(19)29-22)25(33)18-13-21-24(26-14-18)27-15-23(32)31(21)16-17-7-3-2-4-8-17/h2-10,13-14H,11-12,15-16H2,1H3,(H,26,27)(H,28,29). The molecule has 1 aliphatic rings. The number of pyridine rings is 1. The molecule has 33 heavy (non-hydrogen) atoms. The van der Waals surface area contributed by atoms with Gasteiger partial charge in [0.05, 0.1) is 35.4 Å². The molecule has 0 bridgehead atoms. The Morgan fingerprint density at radius 3 is 2.73 bits per heavy atom. The first kappa shape index (κ1) is 20.7. The predicted molar refractivity (Wildman–Crippen MR) is 127 cm³/mol. The van der Waals surface area contributed by atoms with E-state index in [0.717, 1.165) is 22.4 Å². The number of hydrogen-bond acceptors (Lipinski definition) is 5. The van der Waals surface area contributed by atoms with E-state index < -0.39 is 0 Å². The molecule has 0 radical (unpaired) electrons. The first-order valence-corrected chi connectivity index (χ1v) is 10.9. The summed E-state index contributed by atoms with van der Waals surface area (Å²) in [6.07, 6.45) is 2.16. The van der Waals surface area contributed by atoms with E-state index in [9.17, 15) is 9.59 Å². The molecule has 2 aromatic carbocycles. The second kappa shape index (κ2) is 8.74. The minimum absolute atomic E-state index is 0.0593. The number of aromatic nitrogens is 3. The highest BCUT2D eigenvalue weighted by molar-refractivity contribution is 6.04. The van der Waals surface area contributed by atoms with Gasteiger partial charge in [-0.3, -0.25) is 9.59 Å². The number of rotatable bonds is 6. The number of nitrogens with zero attached hydrogens (tertiary/aromatic N) is 4. The van der Waals surface area contributed by atoms with Crippen molar-refractivity contribution in [2.24, 2.45) is 0 Å². The van der Waals surface area contributed by atoms with Gasteiger partial charge in [-0.1, -0.05) is 42.5 Å². The molecular weight excluding hydrogens is 416 g/mol. The van der Waals surface area contributed by atoms with Crippen LogP contribution in [0.4, 0.5) is 11.5 Å². The van der Waals surface area contributed by atoms with Crippen molar-refractivity contribution in [3.05, 3.63) is 83.8 Å². The maximum atomic E-state index is 13.1. The van der Waals surface area contributed by atoms with Gasteiger partial charge in [-0.2, -0.15) is 0 Å². The number of anilines is 2. The van der Waals surface area contributed by atoms with Crippen molar-refractivity contribution in [1.29, 1.82) is 0 Å². The van der Waals surface area contributed by atoms with Crippen molar-refractivity contribution in [2.75, 3.05) is 30.4 Å². The summed E-state index contributed by atoms with van der Waals surface area (Å²) in [6, 6.07) is 19.4. The third-order valence-electron chi connectivity index (χ3n) is 5.77. The lowest BCUT2D eigenvalue weighted by molar-refractivity contribution is -0.117. The minimum atomic E-state index is -0.154. The van der Waals surface area contributed by atoms with Crippen LogP contribution in [-0.2, 0) is 17.8 Å². The van der Waals surface area contributed by atoms with Crippen molar-refractivity contribution in [3.63, 3.8) is 0 Å². The van der Waals surface area contributed by atoms with Crippen LogP contribution in [0.25, 0.3) is 11.0 Å². The first-order chi connectivity index (χ1) is 16.1. The van der Waals surface area contributed by atoms with Gasteiger partial charge in [0.15, 0.2) is 5.82 Å². The molecule has 2 amide bonds. The number of nitrogens with one attached hydrogen (secondary N) is 2. The Hall–Kier alpha value is -4.20. The number of benzene rings is 2. The van der Waals surface area contributed by atoms with Crippen molar-refractivity contribution in [3.8, 4) is 0 Å². The van der Waals surface area contributed by atoms with Crippen LogP contribution in [0.2, 0.25) is 0 Å². The third-order valence-corrected chi connectivity index (χ3v) is 5.77. The molecule has 0 atom stereocenters. The minimum Gasteiger partial charge on any atom is -0.359 e. The quantitative estimate of drug-likeness (QED) is 0.480. The first-order valence-electron chi connectivity index (χ1n) is 10.9. The number of para-hydroxylation sites is 2. The fraction of sp³-hybridized carbons (Fsp3) is 0.200. The van der Waals surface area contributed by atoms with E-state index in [4.69, 9.17) is 0 Å². The van der Waals surface area contributed by atoms with Crippen molar-refractivity contribution < 1.29 is 9.59 Å². The van der Waals surface area contributed by atoms with Gasteiger partial charge in [-0.05, 0) is 23.8 Å². The Bertz CT molecular complexity index is 1280. The number of likely N-dealkylation sites (N-methyl/N-ethyl adjacent to an activating group) is 1. The maximum absolute atomic E-state index is 13.1. The van der Waals surface area contributed by atoms with Crippen LogP contribution in [-0.4, -0.2) is 51.8 Å². The predicted octanol–water partition coefficient (Wildman–Crippen LogP) is 3.23. The zero-order chi connectivity index (χ0) is 22.8. The average molecular weight is 441 g/mol. The number of hydrogen-bond donors (Lipinski definition) is 2. The molecule has 0 aliphatic carbocycles. The smallest absolute Gasteiger partial charge is 0.255 e. The van der Waals surface area contributed by atoms with Crippen LogP contribution in [0.5, 0.6) is 0 Å². The van der Waals surface area contributed by atoms with E-state index in [2.05, 4.69) is 20.3 Å². The van der Waals surface area contributed by atoms with Gasteiger partial charge in [0, 0.05) is 26.2 Å². The molecule has 3 heterocycles. The maximum Gasteiger partial charge on any atom is 0.255 e. The van der Waals surface area contributed by atoms with Crippen molar-refractivity contribution in [1.82, 2.24) is 19.9 Å². The van der Waals surface area contributed by atoms with E-state index in [1.807, 2.05) is 54.6 Å². The summed E-state index contributed by atoms with van der Waals surface area (Å²) >= 11 is 0. The van der Waals surface area contributed by atoms with Crippen LogP contribution in [0.1, 0.15) is 21.7 Å². The van der Waals surface area contributed by atoms with Gasteiger partial charge in [-0.25, -0.2) is 9.97 Å². The van der Waals surface area contributed by atoms with Crippen LogP contribution >= 0.6 is 0 Å². The lowest BCUT2D eigenvalue weighted by Crippen LogP contribution is -2.40. The Morgan fingerprint density at radius 1 is 1.12 bits per heavy atom. The van der Waals surface area contributed by atoms with Crippen LogP contribution < -0.4 is 10.2 Å². The topological polar surface area (TPSA) is 94.2 Å². The summed E-state index contributed by atoms with van der Waals surface area (Å²) in [4.78, 5) is 41.4. The monoisotopic (exact) mass is 440 g/mol. The SMILES string of the molecule is CN(CCc1nc2ccccc2[nH]1)C(=O)c1cnc2c(c1)N(Cc1ccccc1)C(=O)CN2. The second-order valence-corrected chi connectivity index (χ2v) is 8.09. The second-order valence-electron chi connectivity index (χ2n) is 8.09. The van der Waals surface area contributed by atoms with Gasteiger partial charge in [0.1, 0.15) is 5.82 Å². The largest absolute Gasteiger partial charge is 0.359 e. The number of amides is 2. The number of imidazole rings is 1. The molecule has 0 fully saturated rings. The zero-order valence-electron chi connectivity index (χ0n) is 18.3. The molecule has 0 unspecified atom stereocenters. The molecule has 2 aromatic heterocycles. The molecule has 166 valence electrons. The van der Waals surface area contributed by atoms with Gasteiger partial charge < -0.3 is 20.1 Å². The highest BCUT2D eigenvalue weighted by atomic mass is 16.2. The number of H-pyrrole nitrogens is 1. The highest BCUT2D eigenvalue weighted by Crippen LogP contribution is 2.30. The summed E-state index contributed by atoms with van der Waals surface area (Å²) in [5.74, 6) is 1.23. The lowest BCUT2D eigenvalue weighted by atomic mass is 10.1. The van der Waals surface area contributed by atoms with E-state index in [0.29, 0.717) is 36.6 Å². The van der Waals surface area contributed by atoms with Crippen molar-refractivity contribution in [2.45, 2.75) is 13.0 Å². The summed E-state index contributed by atoms with van der Waals surface area (Å²) in [6.45, 7) is 1.10.